The molecule has 0 aliphatic carbocycles. The molecule has 0 N–H and O–H groups in total. The van der Waals surface area contributed by atoms with Crippen LogP contribution in [0.2, 0.25) is 0 Å². The van der Waals surface area contributed by atoms with Crippen LogP contribution in [0.25, 0.3) is 10.1 Å². The van der Waals surface area contributed by atoms with Gasteiger partial charge in [0, 0.05) is 18.5 Å². The Labute approximate surface area is 96.1 Å². The topological polar surface area (TPSA) is 0 Å². The molecular formula is C11H11IS. The van der Waals surface area contributed by atoms with Crippen LogP contribution >= 0.6 is 33.9 Å². The predicted molar refractivity (Wildman–Crippen MR) is 68.7 cm³/mol. The van der Waals surface area contributed by atoms with Gasteiger partial charge in [-0.3, -0.25) is 0 Å². The zero-order valence-corrected chi connectivity index (χ0v) is 10.7. The minimum atomic E-state index is 1.15. The Morgan fingerprint density at radius 2 is 2.15 bits per heavy atom. The number of benzene rings is 1. The highest BCUT2D eigenvalue weighted by atomic mass is 127. The molecule has 0 unspecified atom stereocenters. The average molecular weight is 302 g/mol. The highest BCUT2D eigenvalue weighted by molar-refractivity contribution is 14.1. The molecular weight excluding hydrogens is 291 g/mol. The van der Waals surface area contributed by atoms with Gasteiger partial charge in [-0.2, -0.15) is 0 Å². The third kappa shape index (κ3) is 1.62. The molecule has 0 aliphatic heterocycles. The molecule has 13 heavy (non-hydrogen) atoms. The number of thiophene rings is 1. The maximum absolute atomic E-state index is 2.44. The summed E-state index contributed by atoms with van der Waals surface area (Å²) < 4.78 is 2.83. The summed E-state index contributed by atoms with van der Waals surface area (Å²) in [5.74, 6) is 0. The summed E-state index contributed by atoms with van der Waals surface area (Å²) in [5, 5.41) is 1.43. The first-order valence-electron chi connectivity index (χ1n) is 4.40. The normalized spacial score (nSPS) is 11.0. The van der Waals surface area contributed by atoms with Gasteiger partial charge in [0.1, 0.15) is 0 Å². The highest BCUT2D eigenvalue weighted by Gasteiger charge is 2.05. The lowest BCUT2D eigenvalue weighted by molar-refractivity contribution is 1.19. The molecule has 0 bridgehead atoms. The summed E-state index contributed by atoms with van der Waals surface area (Å²) in [6.07, 6.45) is 1.15. The van der Waals surface area contributed by atoms with E-state index in [1.54, 1.807) is 0 Å². The fourth-order valence-electron chi connectivity index (χ4n) is 1.41. The molecule has 0 saturated carbocycles. The second-order valence-corrected chi connectivity index (χ2v) is 5.42. The first kappa shape index (κ1) is 9.46. The smallest absolute Gasteiger partial charge is 0.0356 e. The molecule has 0 atom stereocenters. The average Bonchev–Trinajstić information content (AvgIpc) is 2.55. The molecule has 1 heterocycles. The van der Waals surface area contributed by atoms with Crippen molar-refractivity contribution in [3.63, 3.8) is 0 Å². The van der Waals surface area contributed by atoms with E-state index in [9.17, 15) is 0 Å². The number of hydrogen-bond donors (Lipinski definition) is 0. The van der Waals surface area contributed by atoms with E-state index in [1.807, 2.05) is 11.3 Å². The van der Waals surface area contributed by atoms with Gasteiger partial charge in [0.25, 0.3) is 0 Å². The Morgan fingerprint density at radius 3 is 2.85 bits per heavy atom. The Morgan fingerprint density at radius 1 is 1.38 bits per heavy atom. The molecule has 0 saturated heterocycles. The van der Waals surface area contributed by atoms with E-state index in [0.717, 1.165) is 6.42 Å². The molecule has 2 aromatic rings. The Kier molecular flexibility index (Phi) is 2.60. The van der Waals surface area contributed by atoms with E-state index in [1.165, 1.54) is 24.1 Å². The largest absolute Gasteiger partial charge is 0.140 e. The van der Waals surface area contributed by atoms with Crippen LogP contribution in [-0.4, -0.2) is 0 Å². The molecule has 68 valence electrons. The summed E-state index contributed by atoms with van der Waals surface area (Å²) in [6, 6.07) is 6.77. The first-order valence-corrected chi connectivity index (χ1v) is 6.29. The van der Waals surface area contributed by atoms with Crippen LogP contribution in [0.4, 0.5) is 0 Å². The van der Waals surface area contributed by atoms with Gasteiger partial charge >= 0.3 is 0 Å². The number of halogens is 1. The zero-order valence-electron chi connectivity index (χ0n) is 7.73. The molecule has 2 heteroatoms. The number of hydrogen-bond acceptors (Lipinski definition) is 1. The summed E-state index contributed by atoms with van der Waals surface area (Å²) in [4.78, 5) is 1.48. The van der Waals surface area contributed by atoms with E-state index in [2.05, 4.69) is 54.6 Å². The second kappa shape index (κ2) is 3.58. The van der Waals surface area contributed by atoms with Gasteiger partial charge in [-0.1, -0.05) is 13.0 Å². The standard InChI is InChI=1S/C11H11IS/c1-3-8-6-9-10(13-8)5-4-7(2)11(9)12/h4-6H,3H2,1-2H3. The maximum Gasteiger partial charge on any atom is 0.0356 e. The number of fused-ring (bicyclic) bond motifs is 1. The van der Waals surface area contributed by atoms with Crippen LogP contribution in [0.5, 0.6) is 0 Å². The Hall–Kier alpha value is -0.0900. The van der Waals surface area contributed by atoms with E-state index >= 15 is 0 Å². The van der Waals surface area contributed by atoms with E-state index in [-0.39, 0.29) is 0 Å². The fraction of sp³-hybridized carbons (Fsp3) is 0.273. The molecule has 0 fully saturated rings. The quantitative estimate of drug-likeness (QED) is 0.686. The molecule has 0 aliphatic rings. The molecule has 2 rings (SSSR count). The first-order chi connectivity index (χ1) is 6.22. The van der Waals surface area contributed by atoms with Gasteiger partial charge in [-0.15, -0.1) is 11.3 Å². The third-order valence-electron chi connectivity index (χ3n) is 2.23. The fourth-order valence-corrected chi connectivity index (χ4v) is 3.23. The van der Waals surface area contributed by atoms with Crippen molar-refractivity contribution < 1.29 is 0 Å². The van der Waals surface area contributed by atoms with Crippen molar-refractivity contribution in [3.05, 3.63) is 32.2 Å². The van der Waals surface area contributed by atoms with Crippen molar-refractivity contribution in [1.29, 1.82) is 0 Å². The van der Waals surface area contributed by atoms with Crippen molar-refractivity contribution in [2.24, 2.45) is 0 Å². The summed E-state index contributed by atoms with van der Waals surface area (Å²) in [7, 11) is 0. The van der Waals surface area contributed by atoms with E-state index in [0.29, 0.717) is 0 Å². The van der Waals surface area contributed by atoms with Gasteiger partial charge in [0.15, 0.2) is 0 Å². The van der Waals surface area contributed by atoms with Gasteiger partial charge < -0.3 is 0 Å². The second-order valence-electron chi connectivity index (χ2n) is 3.17. The SMILES string of the molecule is CCc1cc2c(I)c(C)ccc2s1. The number of aryl methyl sites for hydroxylation is 2. The Balaban J connectivity index is 2.76. The van der Waals surface area contributed by atoms with Crippen LogP contribution in [0.1, 0.15) is 17.4 Å². The lowest BCUT2D eigenvalue weighted by Gasteiger charge is -1.97. The van der Waals surface area contributed by atoms with Crippen LogP contribution in [0.3, 0.4) is 0 Å². The van der Waals surface area contributed by atoms with Gasteiger partial charge in [0.2, 0.25) is 0 Å². The van der Waals surface area contributed by atoms with Crippen LogP contribution in [0.15, 0.2) is 18.2 Å². The maximum atomic E-state index is 2.44. The van der Waals surface area contributed by atoms with Crippen molar-refractivity contribution in [3.8, 4) is 0 Å². The number of rotatable bonds is 1. The summed E-state index contributed by atoms with van der Waals surface area (Å²) in [5.41, 5.74) is 1.38. The van der Waals surface area contributed by atoms with Crippen molar-refractivity contribution in [2.75, 3.05) is 0 Å². The minimum Gasteiger partial charge on any atom is -0.140 e. The molecule has 1 aromatic carbocycles. The van der Waals surface area contributed by atoms with Gasteiger partial charge in [-0.25, -0.2) is 0 Å². The lowest BCUT2D eigenvalue weighted by atomic mass is 10.2. The molecule has 0 radical (unpaired) electrons. The van der Waals surface area contributed by atoms with Crippen molar-refractivity contribution in [2.45, 2.75) is 20.3 Å². The van der Waals surface area contributed by atoms with Crippen molar-refractivity contribution in [1.82, 2.24) is 0 Å². The molecule has 1 aromatic heterocycles. The monoisotopic (exact) mass is 302 g/mol. The van der Waals surface area contributed by atoms with Crippen LogP contribution in [-0.2, 0) is 6.42 Å². The zero-order chi connectivity index (χ0) is 9.42. The van der Waals surface area contributed by atoms with Gasteiger partial charge in [-0.05, 0) is 53.6 Å². The summed E-state index contributed by atoms with van der Waals surface area (Å²) >= 11 is 4.35. The van der Waals surface area contributed by atoms with Gasteiger partial charge in [0.05, 0.1) is 0 Å². The lowest BCUT2D eigenvalue weighted by Crippen LogP contribution is -1.78. The molecule has 0 nitrogen and oxygen atoms in total. The van der Waals surface area contributed by atoms with Crippen LogP contribution < -0.4 is 0 Å². The minimum absolute atomic E-state index is 1.15. The summed E-state index contributed by atoms with van der Waals surface area (Å²) in [6.45, 7) is 4.38. The van der Waals surface area contributed by atoms with E-state index in [4.69, 9.17) is 0 Å². The predicted octanol–water partition coefficient (Wildman–Crippen LogP) is 4.38. The third-order valence-corrected chi connectivity index (χ3v) is 4.90. The van der Waals surface area contributed by atoms with Crippen LogP contribution in [0, 0.1) is 10.5 Å². The molecule has 0 spiro atoms. The highest BCUT2D eigenvalue weighted by Crippen LogP contribution is 2.31. The molecule has 0 amide bonds. The van der Waals surface area contributed by atoms with E-state index < -0.39 is 0 Å². The van der Waals surface area contributed by atoms with Crippen molar-refractivity contribution >= 4 is 44.0 Å². The Bertz CT molecular complexity index is 443.